The fourth-order valence-corrected chi connectivity index (χ4v) is 1.34. The van der Waals surface area contributed by atoms with Gasteiger partial charge in [0.25, 0.3) is 0 Å². The molecular weight excluding hydrogens is 174 g/mol. The molecular formula is C12H25NO. The van der Waals surface area contributed by atoms with Gasteiger partial charge in [-0.25, -0.2) is 0 Å². The van der Waals surface area contributed by atoms with Crippen LogP contribution in [0.3, 0.4) is 0 Å². The van der Waals surface area contributed by atoms with Gasteiger partial charge in [-0.2, -0.15) is 0 Å². The van der Waals surface area contributed by atoms with Crippen molar-refractivity contribution in [1.29, 1.82) is 0 Å². The molecule has 14 heavy (non-hydrogen) atoms. The number of hydrogen-bond donors (Lipinski definition) is 0. The van der Waals surface area contributed by atoms with Gasteiger partial charge in [0.05, 0.1) is 0 Å². The lowest BCUT2D eigenvalue weighted by Gasteiger charge is -2.18. The first kappa shape index (κ1) is 15.9. The fourth-order valence-electron chi connectivity index (χ4n) is 1.34. The predicted molar refractivity (Wildman–Crippen MR) is 64.6 cm³/mol. The van der Waals surface area contributed by atoms with Crippen LogP contribution in [0.1, 0.15) is 33.1 Å². The molecule has 0 radical (unpaired) electrons. The number of hydrogen-bond acceptors (Lipinski definition) is 1. The molecule has 0 bridgehead atoms. The summed E-state index contributed by atoms with van der Waals surface area (Å²) < 4.78 is 0. The van der Waals surface area contributed by atoms with Crippen molar-refractivity contribution < 1.29 is 5.48 Å². The van der Waals surface area contributed by atoms with Crippen LogP contribution in [-0.2, 0) is 0 Å². The third-order valence-corrected chi connectivity index (χ3v) is 1.91. The van der Waals surface area contributed by atoms with Crippen molar-refractivity contribution in [2.75, 3.05) is 19.6 Å². The molecule has 0 heterocycles. The Kier molecular flexibility index (Phi) is 14.0. The van der Waals surface area contributed by atoms with E-state index >= 15 is 0 Å². The highest BCUT2D eigenvalue weighted by Gasteiger charge is 1.97. The molecule has 0 aliphatic rings. The third kappa shape index (κ3) is 9.49. The van der Waals surface area contributed by atoms with E-state index in [-0.39, 0.29) is 5.48 Å². The molecule has 0 amide bonds. The van der Waals surface area contributed by atoms with Crippen LogP contribution in [0.5, 0.6) is 0 Å². The zero-order chi connectivity index (χ0) is 9.94. The minimum Gasteiger partial charge on any atom is -0.412 e. The molecule has 0 rings (SSSR count). The molecule has 0 atom stereocenters. The molecule has 0 unspecified atom stereocenters. The van der Waals surface area contributed by atoms with E-state index in [9.17, 15) is 0 Å². The zero-order valence-electron chi connectivity index (χ0n) is 9.63. The number of rotatable bonds is 8. The van der Waals surface area contributed by atoms with Gasteiger partial charge in [0.2, 0.25) is 0 Å². The van der Waals surface area contributed by atoms with Crippen molar-refractivity contribution in [1.82, 2.24) is 4.90 Å². The van der Waals surface area contributed by atoms with Crippen molar-refractivity contribution >= 4 is 0 Å². The Balaban J connectivity index is 0. The van der Waals surface area contributed by atoms with Gasteiger partial charge < -0.3 is 5.48 Å². The largest absolute Gasteiger partial charge is 0.412 e. The first-order valence-corrected chi connectivity index (χ1v) is 5.33. The number of nitrogens with zero attached hydrogens (tertiary/aromatic N) is 1. The van der Waals surface area contributed by atoms with Crippen LogP contribution in [0.2, 0.25) is 0 Å². The summed E-state index contributed by atoms with van der Waals surface area (Å²) in [5.41, 5.74) is 0. The number of allylic oxidation sites excluding steroid dienone is 2. The lowest BCUT2D eigenvalue weighted by atomic mass is 10.3. The molecule has 2 N–H and O–H groups in total. The van der Waals surface area contributed by atoms with Gasteiger partial charge in [-0.1, -0.05) is 32.1 Å². The maximum atomic E-state index is 3.69. The average Bonchev–Trinajstić information content (AvgIpc) is 2.13. The van der Waals surface area contributed by atoms with E-state index in [1.54, 1.807) is 0 Å². The standard InChI is InChI=1S/C12H23N.H2O/c1-4-7-8-9-12-13(10-5-2)11-6-3;/h4,8-9H,1,5-7,10-12H2,2-3H3;1H2. The first-order valence-electron chi connectivity index (χ1n) is 5.33. The van der Waals surface area contributed by atoms with Crippen molar-refractivity contribution in [3.63, 3.8) is 0 Å². The molecule has 0 fully saturated rings. The predicted octanol–water partition coefficient (Wildman–Crippen LogP) is 2.42. The molecule has 0 aliphatic heterocycles. The van der Waals surface area contributed by atoms with Crippen LogP contribution in [0, 0.1) is 0 Å². The van der Waals surface area contributed by atoms with Crippen LogP contribution in [-0.4, -0.2) is 30.0 Å². The molecule has 2 nitrogen and oxygen atoms in total. The van der Waals surface area contributed by atoms with Crippen molar-refractivity contribution in [3.8, 4) is 0 Å². The molecule has 0 aromatic heterocycles. The van der Waals surface area contributed by atoms with E-state index in [0.29, 0.717) is 0 Å². The summed E-state index contributed by atoms with van der Waals surface area (Å²) in [5.74, 6) is 0. The second-order valence-electron chi connectivity index (χ2n) is 3.30. The second-order valence-corrected chi connectivity index (χ2v) is 3.30. The summed E-state index contributed by atoms with van der Waals surface area (Å²) in [7, 11) is 0. The van der Waals surface area contributed by atoms with E-state index in [4.69, 9.17) is 0 Å². The second kappa shape index (κ2) is 12.4. The van der Waals surface area contributed by atoms with Gasteiger partial charge in [0, 0.05) is 6.54 Å². The lowest BCUT2D eigenvalue weighted by molar-refractivity contribution is 0.303. The van der Waals surface area contributed by atoms with Gasteiger partial charge in [0.1, 0.15) is 0 Å². The summed E-state index contributed by atoms with van der Waals surface area (Å²) >= 11 is 0. The Morgan fingerprint density at radius 1 is 1.07 bits per heavy atom. The molecule has 0 aliphatic carbocycles. The van der Waals surface area contributed by atoms with Crippen LogP contribution in [0.25, 0.3) is 0 Å². The topological polar surface area (TPSA) is 34.7 Å². The van der Waals surface area contributed by atoms with Crippen molar-refractivity contribution in [2.45, 2.75) is 33.1 Å². The van der Waals surface area contributed by atoms with Crippen molar-refractivity contribution in [3.05, 3.63) is 24.8 Å². The maximum absolute atomic E-state index is 3.69. The average molecular weight is 199 g/mol. The Morgan fingerprint density at radius 2 is 1.64 bits per heavy atom. The van der Waals surface area contributed by atoms with Gasteiger partial charge in [-0.15, -0.1) is 6.58 Å². The summed E-state index contributed by atoms with van der Waals surface area (Å²) in [4.78, 5) is 2.49. The maximum Gasteiger partial charge on any atom is 0.0163 e. The minimum atomic E-state index is 0. The Bertz CT molecular complexity index is 137. The van der Waals surface area contributed by atoms with E-state index < -0.39 is 0 Å². The first-order chi connectivity index (χ1) is 6.35. The Hall–Kier alpha value is -0.600. The zero-order valence-corrected chi connectivity index (χ0v) is 9.63. The van der Waals surface area contributed by atoms with Gasteiger partial charge in [-0.05, 0) is 32.4 Å². The van der Waals surface area contributed by atoms with E-state index in [0.717, 1.165) is 13.0 Å². The molecule has 84 valence electrons. The van der Waals surface area contributed by atoms with Crippen molar-refractivity contribution in [2.24, 2.45) is 0 Å². The van der Waals surface area contributed by atoms with E-state index in [1.165, 1.54) is 25.9 Å². The molecule has 0 aromatic carbocycles. The highest BCUT2D eigenvalue weighted by molar-refractivity contribution is 4.90. The molecule has 2 heteroatoms. The van der Waals surface area contributed by atoms with Gasteiger partial charge in [0.15, 0.2) is 0 Å². The summed E-state index contributed by atoms with van der Waals surface area (Å²) in [6, 6.07) is 0. The van der Waals surface area contributed by atoms with Crippen LogP contribution >= 0.6 is 0 Å². The highest BCUT2D eigenvalue weighted by atomic mass is 16.0. The summed E-state index contributed by atoms with van der Waals surface area (Å²) in [6.07, 6.45) is 9.84. The highest BCUT2D eigenvalue weighted by Crippen LogP contribution is 1.95. The monoisotopic (exact) mass is 199 g/mol. The summed E-state index contributed by atoms with van der Waals surface area (Å²) in [5, 5.41) is 0. The molecule has 0 saturated heterocycles. The fraction of sp³-hybridized carbons (Fsp3) is 0.667. The van der Waals surface area contributed by atoms with E-state index in [1.807, 2.05) is 6.08 Å². The smallest absolute Gasteiger partial charge is 0.0163 e. The van der Waals surface area contributed by atoms with Crippen LogP contribution < -0.4 is 0 Å². The van der Waals surface area contributed by atoms with Gasteiger partial charge in [-0.3, -0.25) is 4.90 Å². The molecule has 0 spiro atoms. The van der Waals surface area contributed by atoms with Crippen LogP contribution in [0.15, 0.2) is 24.8 Å². The quantitative estimate of drug-likeness (QED) is 0.553. The molecule has 0 saturated carbocycles. The normalized spacial score (nSPS) is 10.5. The van der Waals surface area contributed by atoms with Gasteiger partial charge >= 0.3 is 0 Å². The minimum absolute atomic E-state index is 0. The third-order valence-electron chi connectivity index (χ3n) is 1.91. The van der Waals surface area contributed by atoms with Crippen LogP contribution in [0.4, 0.5) is 0 Å². The SMILES string of the molecule is C=CCC=CCN(CCC)CCC.O. The summed E-state index contributed by atoms with van der Waals surface area (Å²) in [6.45, 7) is 11.7. The Morgan fingerprint density at radius 3 is 2.07 bits per heavy atom. The lowest BCUT2D eigenvalue weighted by Crippen LogP contribution is -2.25. The molecule has 0 aromatic rings. The Labute approximate surface area is 88.6 Å². The van der Waals surface area contributed by atoms with E-state index in [2.05, 4.69) is 37.5 Å².